The summed E-state index contributed by atoms with van der Waals surface area (Å²) in [7, 11) is 0. The average Bonchev–Trinajstić information content (AvgIpc) is 2.47. The summed E-state index contributed by atoms with van der Waals surface area (Å²) in [5.74, 6) is -0.184. The van der Waals surface area contributed by atoms with Crippen molar-refractivity contribution in [3.8, 4) is 0 Å². The predicted octanol–water partition coefficient (Wildman–Crippen LogP) is 3.79. The van der Waals surface area contributed by atoms with Crippen molar-refractivity contribution in [3.05, 3.63) is 35.3 Å². The number of anilines is 1. The number of carboxylic acids is 1. The molecule has 5 heteroatoms. The number of piperidine rings is 1. The predicted molar refractivity (Wildman–Crippen MR) is 92.9 cm³/mol. The zero-order valence-corrected chi connectivity index (χ0v) is 14.3. The highest BCUT2D eigenvalue weighted by molar-refractivity contribution is 5.95. The summed E-state index contributed by atoms with van der Waals surface area (Å²) < 4.78 is 13.9. The quantitative estimate of drug-likeness (QED) is 0.930. The lowest BCUT2D eigenvalue weighted by molar-refractivity contribution is -0.136. The molecule has 1 N–H and O–H groups in total. The van der Waals surface area contributed by atoms with E-state index in [1.165, 1.54) is 12.1 Å². The molecule has 2 unspecified atom stereocenters. The summed E-state index contributed by atoms with van der Waals surface area (Å²) in [6, 6.07) is 4.55. The lowest BCUT2D eigenvalue weighted by Gasteiger charge is -2.38. The van der Waals surface area contributed by atoms with E-state index in [0.29, 0.717) is 34.0 Å². The van der Waals surface area contributed by atoms with Crippen molar-refractivity contribution in [1.29, 1.82) is 0 Å². The standard InChI is InChI=1S/C19H23FN2O2/c1-11-6-12(2)10-22(9-11)19-15(8-18(23)24)13(3)21-17-5-4-14(20)7-16(17)19/h4-5,7,11-12H,6,8-10H2,1-3H3,(H,23,24). The molecule has 2 atom stereocenters. The van der Waals surface area contributed by atoms with Crippen molar-refractivity contribution in [1.82, 2.24) is 4.98 Å². The van der Waals surface area contributed by atoms with Gasteiger partial charge in [0.05, 0.1) is 17.6 Å². The minimum absolute atomic E-state index is 0.0973. The van der Waals surface area contributed by atoms with Crippen LogP contribution in [0.15, 0.2) is 18.2 Å². The summed E-state index contributed by atoms with van der Waals surface area (Å²) in [5.41, 5.74) is 2.96. The van der Waals surface area contributed by atoms with Crippen LogP contribution in [0.1, 0.15) is 31.5 Å². The Kier molecular flexibility index (Phi) is 4.43. The van der Waals surface area contributed by atoms with E-state index < -0.39 is 5.97 Å². The molecular formula is C19H23FN2O2. The van der Waals surface area contributed by atoms with E-state index in [-0.39, 0.29) is 12.2 Å². The van der Waals surface area contributed by atoms with Crippen molar-refractivity contribution in [3.63, 3.8) is 0 Å². The summed E-state index contributed by atoms with van der Waals surface area (Å²) >= 11 is 0. The van der Waals surface area contributed by atoms with Gasteiger partial charge in [0, 0.05) is 29.7 Å². The Labute approximate surface area is 141 Å². The third kappa shape index (κ3) is 3.21. The SMILES string of the molecule is Cc1nc2ccc(F)cc2c(N2CC(C)CC(C)C2)c1CC(=O)O. The number of aliphatic carboxylic acids is 1. The van der Waals surface area contributed by atoms with Crippen molar-refractivity contribution >= 4 is 22.6 Å². The van der Waals surface area contributed by atoms with Crippen molar-refractivity contribution < 1.29 is 14.3 Å². The first-order valence-electron chi connectivity index (χ1n) is 8.40. The molecule has 1 saturated heterocycles. The fraction of sp³-hybridized carbons (Fsp3) is 0.474. The zero-order chi connectivity index (χ0) is 17.4. The molecule has 1 aromatic carbocycles. The maximum absolute atomic E-state index is 13.9. The van der Waals surface area contributed by atoms with Gasteiger partial charge in [-0.2, -0.15) is 0 Å². The fourth-order valence-electron chi connectivity index (χ4n) is 3.95. The van der Waals surface area contributed by atoms with Gasteiger partial charge < -0.3 is 10.0 Å². The number of rotatable bonds is 3. The number of nitrogens with zero attached hydrogens (tertiary/aromatic N) is 2. The highest BCUT2D eigenvalue weighted by Crippen LogP contribution is 2.36. The largest absolute Gasteiger partial charge is 0.481 e. The highest BCUT2D eigenvalue weighted by atomic mass is 19.1. The van der Waals surface area contributed by atoms with Gasteiger partial charge in [0.2, 0.25) is 0 Å². The van der Waals surface area contributed by atoms with Crippen LogP contribution < -0.4 is 4.90 Å². The van der Waals surface area contributed by atoms with Crippen LogP contribution in [0.5, 0.6) is 0 Å². The van der Waals surface area contributed by atoms with E-state index in [0.717, 1.165) is 25.2 Å². The molecular weight excluding hydrogens is 307 g/mol. The number of hydrogen-bond acceptors (Lipinski definition) is 3. The second-order valence-electron chi connectivity index (χ2n) is 7.11. The topological polar surface area (TPSA) is 53.4 Å². The van der Waals surface area contributed by atoms with Crippen molar-refractivity contribution in [2.75, 3.05) is 18.0 Å². The van der Waals surface area contributed by atoms with Gasteiger partial charge in [-0.3, -0.25) is 9.78 Å². The molecule has 2 aromatic rings. The van der Waals surface area contributed by atoms with Crippen LogP contribution in [0.3, 0.4) is 0 Å². The van der Waals surface area contributed by atoms with E-state index in [4.69, 9.17) is 0 Å². The summed E-state index contributed by atoms with van der Waals surface area (Å²) in [4.78, 5) is 18.1. The normalized spacial score (nSPS) is 21.2. The number of halogens is 1. The van der Waals surface area contributed by atoms with Gasteiger partial charge in [-0.15, -0.1) is 0 Å². The molecule has 0 amide bonds. The Morgan fingerprint density at radius 2 is 2.00 bits per heavy atom. The maximum atomic E-state index is 13.9. The second kappa shape index (κ2) is 6.38. The second-order valence-corrected chi connectivity index (χ2v) is 7.11. The van der Waals surface area contributed by atoms with Crippen molar-refractivity contribution in [2.45, 2.75) is 33.6 Å². The van der Waals surface area contributed by atoms with Gasteiger partial charge >= 0.3 is 5.97 Å². The van der Waals surface area contributed by atoms with E-state index >= 15 is 0 Å². The van der Waals surface area contributed by atoms with E-state index in [2.05, 4.69) is 23.7 Å². The van der Waals surface area contributed by atoms with E-state index in [9.17, 15) is 14.3 Å². The Balaban J connectivity index is 2.24. The Hall–Kier alpha value is -2.17. The zero-order valence-electron chi connectivity index (χ0n) is 14.3. The molecule has 24 heavy (non-hydrogen) atoms. The molecule has 0 bridgehead atoms. The Morgan fingerprint density at radius 3 is 2.62 bits per heavy atom. The van der Waals surface area contributed by atoms with Crippen LogP contribution in [-0.2, 0) is 11.2 Å². The third-order valence-electron chi connectivity index (χ3n) is 4.74. The van der Waals surface area contributed by atoms with Gasteiger partial charge in [-0.25, -0.2) is 4.39 Å². The summed E-state index contributed by atoms with van der Waals surface area (Å²) in [6.07, 6.45) is 1.06. The van der Waals surface area contributed by atoms with Crippen LogP contribution in [-0.4, -0.2) is 29.1 Å². The number of benzene rings is 1. The molecule has 1 aliphatic rings. The number of pyridine rings is 1. The smallest absolute Gasteiger partial charge is 0.307 e. The van der Waals surface area contributed by atoms with Crippen LogP contribution >= 0.6 is 0 Å². The van der Waals surface area contributed by atoms with Crippen LogP contribution in [0, 0.1) is 24.6 Å². The first-order valence-corrected chi connectivity index (χ1v) is 8.40. The number of aromatic nitrogens is 1. The van der Waals surface area contributed by atoms with Gasteiger partial charge in [0.25, 0.3) is 0 Å². The lowest BCUT2D eigenvalue weighted by Crippen LogP contribution is -2.39. The van der Waals surface area contributed by atoms with Gasteiger partial charge in [0.15, 0.2) is 0 Å². The number of fused-ring (bicyclic) bond motifs is 1. The minimum Gasteiger partial charge on any atom is -0.481 e. The average molecular weight is 330 g/mol. The molecule has 128 valence electrons. The number of carboxylic acid groups (broad SMARTS) is 1. The molecule has 4 nitrogen and oxygen atoms in total. The van der Waals surface area contributed by atoms with E-state index in [1.807, 2.05) is 6.92 Å². The molecule has 2 heterocycles. The van der Waals surface area contributed by atoms with Gasteiger partial charge in [-0.1, -0.05) is 13.8 Å². The molecule has 1 aliphatic heterocycles. The minimum atomic E-state index is -0.894. The first-order chi connectivity index (χ1) is 11.3. The fourth-order valence-corrected chi connectivity index (χ4v) is 3.95. The van der Waals surface area contributed by atoms with Gasteiger partial charge in [0.1, 0.15) is 5.82 Å². The lowest BCUT2D eigenvalue weighted by atomic mass is 9.90. The number of aryl methyl sites for hydroxylation is 1. The Bertz CT molecular complexity index is 781. The molecule has 1 fully saturated rings. The van der Waals surface area contributed by atoms with Gasteiger partial charge in [-0.05, 0) is 43.4 Å². The molecule has 0 radical (unpaired) electrons. The van der Waals surface area contributed by atoms with E-state index in [1.54, 1.807) is 6.07 Å². The number of hydrogen-bond donors (Lipinski definition) is 1. The summed E-state index contributed by atoms with van der Waals surface area (Å²) in [6.45, 7) is 7.95. The van der Waals surface area contributed by atoms with Crippen LogP contribution in [0.4, 0.5) is 10.1 Å². The number of carbonyl (C=O) groups is 1. The maximum Gasteiger partial charge on any atom is 0.307 e. The molecule has 3 rings (SSSR count). The molecule has 1 aromatic heterocycles. The summed E-state index contributed by atoms with van der Waals surface area (Å²) in [5, 5.41) is 10.0. The highest BCUT2D eigenvalue weighted by Gasteiger charge is 2.27. The molecule has 0 spiro atoms. The van der Waals surface area contributed by atoms with Crippen LogP contribution in [0.2, 0.25) is 0 Å². The Morgan fingerprint density at radius 1 is 1.33 bits per heavy atom. The molecule has 0 aliphatic carbocycles. The monoisotopic (exact) mass is 330 g/mol. The molecule has 0 saturated carbocycles. The van der Waals surface area contributed by atoms with Crippen LogP contribution in [0.25, 0.3) is 10.9 Å². The first kappa shape index (κ1) is 16.7. The van der Waals surface area contributed by atoms with Crippen molar-refractivity contribution in [2.24, 2.45) is 11.8 Å². The third-order valence-corrected chi connectivity index (χ3v) is 4.74.